The Labute approximate surface area is 165 Å². The van der Waals surface area contributed by atoms with Crippen LogP contribution < -0.4 is 15.0 Å². The van der Waals surface area contributed by atoms with Crippen LogP contribution in [0.1, 0.15) is 30.1 Å². The maximum atomic E-state index is 12.7. The van der Waals surface area contributed by atoms with E-state index in [9.17, 15) is 4.79 Å². The molecule has 6 heteroatoms. The van der Waals surface area contributed by atoms with E-state index >= 15 is 0 Å². The fourth-order valence-corrected chi connectivity index (χ4v) is 3.25. The Bertz CT molecular complexity index is 759. The van der Waals surface area contributed by atoms with Crippen LogP contribution in [0.15, 0.2) is 42.5 Å². The molecule has 0 aliphatic carbocycles. The highest BCUT2D eigenvalue weighted by molar-refractivity contribution is 6.34. The molecule has 2 aromatic carbocycles. The fraction of sp³-hybridized carbons (Fsp3) is 0.381. The van der Waals surface area contributed by atoms with Gasteiger partial charge in [0.05, 0.1) is 36.2 Å². The van der Waals surface area contributed by atoms with Gasteiger partial charge >= 0.3 is 0 Å². The normalized spacial score (nSPS) is 14.1. The van der Waals surface area contributed by atoms with Gasteiger partial charge in [0.2, 0.25) is 0 Å². The van der Waals surface area contributed by atoms with E-state index in [1.54, 1.807) is 12.1 Å². The zero-order valence-corrected chi connectivity index (χ0v) is 16.3. The summed E-state index contributed by atoms with van der Waals surface area (Å²) >= 11 is 6.42. The Morgan fingerprint density at radius 3 is 2.63 bits per heavy atom. The predicted octanol–water partition coefficient (Wildman–Crippen LogP) is 4.61. The molecule has 0 aromatic heterocycles. The van der Waals surface area contributed by atoms with Crippen molar-refractivity contribution >= 4 is 28.9 Å². The van der Waals surface area contributed by atoms with Crippen molar-refractivity contribution in [1.82, 2.24) is 0 Å². The molecule has 27 heavy (non-hydrogen) atoms. The second-order valence-corrected chi connectivity index (χ2v) is 6.82. The monoisotopic (exact) mass is 388 g/mol. The third kappa shape index (κ3) is 5.15. The molecule has 1 aliphatic heterocycles. The van der Waals surface area contributed by atoms with Crippen LogP contribution in [0.3, 0.4) is 0 Å². The van der Waals surface area contributed by atoms with Gasteiger partial charge in [-0.2, -0.15) is 0 Å². The Morgan fingerprint density at radius 1 is 1.19 bits per heavy atom. The van der Waals surface area contributed by atoms with E-state index in [0.29, 0.717) is 36.1 Å². The van der Waals surface area contributed by atoms with E-state index in [-0.39, 0.29) is 5.91 Å². The zero-order chi connectivity index (χ0) is 19.1. The van der Waals surface area contributed by atoms with E-state index in [0.717, 1.165) is 37.4 Å². The maximum absolute atomic E-state index is 12.7. The molecule has 3 rings (SSSR count). The third-order valence-corrected chi connectivity index (χ3v) is 4.75. The molecule has 144 valence electrons. The molecule has 0 radical (unpaired) electrons. The van der Waals surface area contributed by atoms with Crippen molar-refractivity contribution in [3.8, 4) is 5.75 Å². The number of benzene rings is 2. The lowest BCUT2D eigenvalue weighted by Crippen LogP contribution is -2.37. The number of rotatable bonds is 7. The number of ether oxygens (including phenoxy) is 2. The van der Waals surface area contributed by atoms with Crippen LogP contribution in [0.5, 0.6) is 5.75 Å². The molecule has 1 aliphatic rings. The van der Waals surface area contributed by atoms with Crippen LogP contribution in [-0.2, 0) is 4.74 Å². The van der Waals surface area contributed by atoms with Crippen molar-refractivity contribution in [2.75, 3.05) is 43.1 Å². The van der Waals surface area contributed by atoms with Crippen LogP contribution in [-0.4, -0.2) is 38.8 Å². The summed E-state index contributed by atoms with van der Waals surface area (Å²) in [6.07, 6.45) is 2.10. The van der Waals surface area contributed by atoms with Gasteiger partial charge in [0.25, 0.3) is 5.91 Å². The summed E-state index contributed by atoms with van der Waals surface area (Å²) in [5.41, 5.74) is 2.12. The summed E-state index contributed by atoms with van der Waals surface area (Å²) < 4.78 is 11.1. The molecular formula is C21H25ClN2O3. The Balaban J connectivity index is 1.71. The summed E-state index contributed by atoms with van der Waals surface area (Å²) in [4.78, 5) is 14.8. The van der Waals surface area contributed by atoms with Gasteiger partial charge in [0.1, 0.15) is 5.75 Å². The van der Waals surface area contributed by atoms with Crippen molar-refractivity contribution in [3.63, 3.8) is 0 Å². The van der Waals surface area contributed by atoms with Gasteiger partial charge in [-0.15, -0.1) is 0 Å². The van der Waals surface area contributed by atoms with E-state index in [1.807, 2.05) is 30.3 Å². The van der Waals surface area contributed by atoms with Gasteiger partial charge in [0.15, 0.2) is 0 Å². The van der Waals surface area contributed by atoms with Gasteiger partial charge in [-0.3, -0.25) is 4.79 Å². The number of nitrogens with one attached hydrogen (secondary N) is 1. The molecule has 1 amide bonds. The molecule has 1 heterocycles. The highest BCUT2D eigenvalue weighted by atomic mass is 35.5. The van der Waals surface area contributed by atoms with Gasteiger partial charge in [0, 0.05) is 18.7 Å². The van der Waals surface area contributed by atoms with E-state index in [4.69, 9.17) is 21.1 Å². The standard InChI is InChI=1S/C21H25ClN2O3/c1-2-3-13-27-17-9-7-16(8-10-17)21(25)23-19-6-4-5-18(22)20(19)24-11-14-26-15-12-24/h4-10H,2-3,11-15H2,1H3,(H,23,25). The van der Waals surface area contributed by atoms with Crippen LogP contribution >= 0.6 is 11.6 Å². The molecule has 0 atom stereocenters. The lowest BCUT2D eigenvalue weighted by molar-refractivity contribution is 0.102. The van der Waals surface area contributed by atoms with Crippen molar-refractivity contribution in [2.24, 2.45) is 0 Å². The highest BCUT2D eigenvalue weighted by Crippen LogP contribution is 2.34. The van der Waals surface area contributed by atoms with E-state index in [1.165, 1.54) is 0 Å². The van der Waals surface area contributed by atoms with Crippen LogP contribution in [0.4, 0.5) is 11.4 Å². The van der Waals surface area contributed by atoms with Crippen LogP contribution in [0.25, 0.3) is 0 Å². The zero-order valence-electron chi connectivity index (χ0n) is 15.5. The summed E-state index contributed by atoms with van der Waals surface area (Å²) in [7, 11) is 0. The van der Waals surface area contributed by atoms with E-state index in [2.05, 4.69) is 17.1 Å². The number of halogens is 1. The minimum absolute atomic E-state index is 0.174. The fourth-order valence-electron chi connectivity index (χ4n) is 2.96. The second kappa shape index (κ2) is 9.62. The van der Waals surface area contributed by atoms with Gasteiger partial charge in [-0.05, 0) is 42.8 Å². The number of nitrogens with zero attached hydrogens (tertiary/aromatic N) is 1. The number of anilines is 2. The van der Waals surface area contributed by atoms with Gasteiger partial charge in [-0.25, -0.2) is 0 Å². The first-order chi connectivity index (χ1) is 13.2. The average molecular weight is 389 g/mol. The molecule has 5 nitrogen and oxygen atoms in total. The molecule has 0 unspecified atom stereocenters. The molecule has 1 N–H and O–H groups in total. The van der Waals surface area contributed by atoms with E-state index < -0.39 is 0 Å². The van der Waals surface area contributed by atoms with Crippen LogP contribution in [0.2, 0.25) is 5.02 Å². The largest absolute Gasteiger partial charge is 0.494 e. The molecule has 1 fully saturated rings. The SMILES string of the molecule is CCCCOc1ccc(C(=O)Nc2cccc(Cl)c2N2CCOCC2)cc1. The first kappa shape index (κ1) is 19.5. The third-order valence-electron chi connectivity index (χ3n) is 4.45. The van der Waals surface area contributed by atoms with Crippen LogP contribution in [0, 0.1) is 0 Å². The second-order valence-electron chi connectivity index (χ2n) is 6.42. The topological polar surface area (TPSA) is 50.8 Å². The maximum Gasteiger partial charge on any atom is 0.255 e. The molecule has 0 spiro atoms. The Morgan fingerprint density at radius 2 is 1.93 bits per heavy atom. The van der Waals surface area contributed by atoms with Gasteiger partial charge < -0.3 is 19.7 Å². The smallest absolute Gasteiger partial charge is 0.255 e. The van der Waals surface area contributed by atoms with Crippen molar-refractivity contribution < 1.29 is 14.3 Å². The first-order valence-corrected chi connectivity index (χ1v) is 9.72. The summed E-state index contributed by atoms with van der Waals surface area (Å²) in [6.45, 7) is 5.61. The van der Waals surface area contributed by atoms with Gasteiger partial charge in [-0.1, -0.05) is 31.0 Å². The number of para-hydroxylation sites is 1. The lowest BCUT2D eigenvalue weighted by Gasteiger charge is -2.31. The number of unbranched alkanes of at least 4 members (excludes halogenated alkanes) is 1. The molecule has 0 bridgehead atoms. The number of hydrogen-bond donors (Lipinski definition) is 1. The van der Waals surface area contributed by atoms with Crippen molar-refractivity contribution in [1.29, 1.82) is 0 Å². The summed E-state index contributed by atoms with van der Waals surface area (Å²) in [5.74, 6) is 0.601. The minimum Gasteiger partial charge on any atom is -0.494 e. The average Bonchev–Trinajstić information content (AvgIpc) is 2.69. The lowest BCUT2D eigenvalue weighted by atomic mass is 10.1. The Hall–Kier alpha value is -2.24. The number of hydrogen-bond acceptors (Lipinski definition) is 4. The number of amides is 1. The molecule has 2 aromatic rings. The Kier molecular flexibility index (Phi) is 6.96. The summed E-state index contributed by atoms with van der Waals surface area (Å²) in [6, 6.07) is 12.7. The number of morpholine rings is 1. The molecule has 1 saturated heterocycles. The minimum atomic E-state index is -0.174. The highest BCUT2D eigenvalue weighted by Gasteiger charge is 2.19. The predicted molar refractivity (Wildman–Crippen MR) is 109 cm³/mol. The summed E-state index contributed by atoms with van der Waals surface area (Å²) in [5, 5.41) is 3.61. The number of carbonyl (C=O) groups excluding carboxylic acids is 1. The van der Waals surface area contributed by atoms with Crippen molar-refractivity contribution in [2.45, 2.75) is 19.8 Å². The van der Waals surface area contributed by atoms with Crippen molar-refractivity contribution in [3.05, 3.63) is 53.1 Å². The first-order valence-electron chi connectivity index (χ1n) is 9.34. The quantitative estimate of drug-likeness (QED) is 0.704. The number of carbonyl (C=O) groups is 1. The molecular weight excluding hydrogens is 364 g/mol. The molecule has 0 saturated carbocycles.